The van der Waals surface area contributed by atoms with Crippen LogP contribution in [0.2, 0.25) is 0 Å². The van der Waals surface area contributed by atoms with Crippen molar-refractivity contribution in [3.05, 3.63) is 64.6 Å². The van der Waals surface area contributed by atoms with Gasteiger partial charge < -0.3 is 20.1 Å². The molecule has 1 aromatic carbocycles. The number of fused-ring (bicyclic) bond motifs is 2. The maximum absolute atomic E-state index is 12.7. The Morgan fingerprint density at radius 3 is 2.84 bits per heavy atom. The molecule has 2 N–H and O–H groups in total. The van der Waals surface area contributed by atoms with E-state index in [1.54, 1.807) is 0 Å². The average Bonchev–Trinajstić information content (AvgIpc) is 3.22. The Morgan fingerprint density at radius 1 is 1.25 bits per heavy atom. The Kier molecular flexibility index (Phi) is 6.55. The van der Waals surface area contributed by atoms with E-state index in [9.17, 15) is 9.59 Å². The Hall–Kier alpha value is -3.19. The summed E-state index contributed by atoms with van der Waals surface area (Å²) in [5.74, 6) is 0.0680. The van der Waals surface area contributed by atoms with E-state index in [4.69, 9.17) is 0 Å². The topological polar surface area (TPSA) is 81.3 Å². The first-order chi connectivity index (χ1) is 15.4. The predicted molar refractivity (Wildman–Crippen MR) is 125 cm³/mol. The van der Waals surface area contributed by atoms with Gasteiger partial charge in [-0.1, -0.05) is 18.2 Å². The number of hydrogen-bond acceptors (Lipinski definition) is 4. The number of rotatable bonds is 7. The summed E-state index contributed by atoms with van der Waals surface area (Å²) in [4.78, 5) is 37.1. The van der Waals surface area contributed by atoms with Gasteiger partial charge in [0, 0.05) is 48.8 Å². The molecular weight excluding hydrogens is 402 g/mol. The first kappa shape index (κ1) is 22.0. The molecule has 4 rings (SSSR count). The minimum Gasteiger partial charge on any atom is -0.351 e. The van der Waals surface area contributed by atoms with E-state index in [1.807, 2.05) is 62.4 Å². The number of nitrogens with zero attached hydrogens (tertiary/aromatic N) is 3. The second-order valence-corrected chi connectivity index (χ2v) is 8.75. The van der Waals surface area contributed by atoms with Crippen LogP contribution in [-0.2, 0) is 24.3 Å². The van der Waals surface area contributed by atoms with Crippen LogP contribution in [0.25, 0.3) is 10.9 Å². The van der Waals surface area contributed by atoms with Gasteiger partial charge >= 0.3 is 0 Å². The van der Waals surface area contributed by atoms with Gasteiger partial charge in [0.15, 0.2) is 0 Å². The van der Waals surface area contributed by atoms with E-state index in [2.05, 4.69) is 20.2 Å². The van der Waals surface area contributed by atoms with Gasteiger partial charge in [0.2, 0.25) is 5.91 Å². The maximum atomic E-state index is 12.7. The lowest BCUT2D eigenvalue weighted by atomic mass is 9.94. The molecule has 0 bridgehead atoms. The van der Waals surface area contributed by atoms with Crippen LogP contribution in [0.3, 0.4) is 0 Å². The highest BCUT2D eigenvalue weighted by molar-refractivity contribution is 5.97. The van der Waals surface area contributed by atoms with E-state index in [-0.39, 0.29) is 11.8 Å². The first-order valence-electron chi connectivity index (χ1n) is 11.2. The second-order valence-electron chi connectivity index (χ2n) is 8.75. The number of carbonyl (C=O) groups is 2. The molecule has 0 saturated heterocycles. The molecule has 2 amide bonds. The Balaban J connectivity index is 1.42. The zero-order valence-electron chi connectivity index (χ0n) is 19.1. The quantitative estimate of drug-likeness (QED) is 0.600. The largest absolute Gasteiger partial charge is 0.351 e. The summed E-state index contributed by atoms with van der Waals surface area (Å²) in [7, 11) is 4.04. The first-order valence-corrected chi connectivity index (χ1v) is 11.2. The minimum absolute atomic E-state index is 0.133. The summed E-state index contributed by atoms with van der Waals surface area (Å²) in [5.41, 5.74) is 5.78. The monoisotopic (exact) mass is 433 g/mol. The summed E-state index contributed by atoms with van der Waals surface area (Å²) in [5, 5.41) is 4.06. The molecule has 168 valence electrons. The maximum Gasteiger partial charge on any atom is 0.267 e. The number of nitrogens with one attached hydrogen (secondary N) is 2. The lowest BCUT2D eigenvalue weighted by Crippen LogP contribution is -2.37. The highest BCUT2D eigenvalue weighted by Gasteiger charge is 2.24. The number of hydrogen-bond donors (Lipinski definition) is 2. The number of pyridine rings is 1. The van der Waals surface area contributed by atoms with Crippen molar-refractivity contribution in [2.45, 2.75) is 39.3 Å². The van der Waals surface area contributed by atoms with Crippen molar-refractivity contribution < 1.29 is 9.59 Å². The fourth-order valence-corrected chi connectivity index (χ4v) is 4.33. The number of benzene rings is 1. The van der Waals surface area contributed by atoms with E-state index >= 15 is 0 Å². The van der Waals surface area contributed by atoms with Gasteiger partial charge in [-0.2, -0.15) is 0 Å². The van der Waals surface area contributed by atoms with E-state index < -0.39 is 0 Å². The molecule has 3 aromatic rings. The van der Waals surface area contributed by atoms with Crippen LogP contribution < -0.4 is 5.32 Å². The van der Waals surface area contributed by atoms with Crippen molar-refractivity contribution in [1.29, 1.82) is 0 Å². The molecule has 0 fully saturated rings. The van der Waals surface area contributed by atoms with Crippen LogP contribution in [0.1, 0.15) is 45.7 Å². The summed E-state index contributed by atoms with van der Waals surface area (Å²) in [6, 6.07) is 9.72. The highest BCUT2D eigenvalue weighted by Crippen LogP contribution is 2.25. The molecule has 1 aliphatic rings. The SMILES string of the molecule is Cc1ncc2c(c1CNC(=O)c1cc3ccccc3[nH]1)CCN(C(=O)CCCN(C)C)C2. The van der Waals surface area contributed by atoms with Crippen molar-refractivity contribution in [3.63, 3.8) is 0 Å². The van der Waals surface area contributed by atoms with Crippen molar-refractivity contribution in [1.82, 2.24) is 25.1 Å². The number of para-hydroxylation sites is 1. The van der Waals surface area contributed by atoms with Crippen molar-refractivity contribution in [2.24, 2.45) is 0 Å². The Bertz CT molecular complexity index is 1100. The number of aryl methyl sites for hydroxylation is 1. The lowest BCUT2D eigenvalue weighted by Gasteiger charge is -2.30. The van der Waals surface area contributed by atoms with Gasteiger partial charge in [0.25, 0.3) is 5.91 Å². The average molecular weight is 434 g/mol. The van der Waals surface area contributed by atoms with Gasteiger partial charge in [-0.3, -0.25) is 14.6 Å². The van der Waals surface area contributed by atoms with Crippen molar-refractivity contribution >= 4 is 22.7 Å². The molecule has 0 saturated carbocycles. The Morgan fingerprint density at radius 2 is 2.06 bits per heavy atom. The normalized spacial score (nSPS) is 13.4. The van der Waals surface area contributed by atoms with Crippen molar-refractivity contribution in [2.75, 3.05) is 27.2 Å². The van der Waals surface area contributed by atoms with E-state index in [1.165, 1.54) is 5.56 Å². The molecule has 3 heterocycles. The molecule has 7 heteroatoms. The number of carbonyl (C=O) groups excluding carboxylic acids is 2. The van der Waals surface area contributed by atoms with Gasteiger partial charge in [-0.25, -0.2) is 0 Å². The molecule has 2 aromatic heterocycles. The number of aromatic amines is 1. The van der Waals surface area contributed by atoms with Gasteiger partial charge in [-0.05, 0) is 69.2 Å². The summed E-state index contributed by atoms with van der Waals surface area (Å²) in [6.45, 7) is 4.61. The number of amides is 2. The van der Waals surface area contributed by atoms with Crippen molar-refractivity contribution in [3.8, 4) is 0 Å². The minimum atomic E-state index is -0.133. The van der Waals surface area contributed by atoms with Gasteiger partial charge in [-0.15, -0.1) is 0 Å². The third-order valence-corrected chi connectivity index (χ3v) is 6.14. The van der Waals surface area contributed by atoms with Crippen LogP contribution in [-0.4, -0.2) is 58.8 Å². The zero-order chi connectivity index (χ0) is 22.7. The third kappa shape index (κ3) is 4.83. The fourth-order valence-electron chi connectivity index (χ4n) is 4.33. The predicted octanol–water partition coefficient (Wildman–Crippen LogP) is 3.03. The van der Waals surface area contributed by atoms with Crippen LogP contribution >= 0.6 is 0 Å². The third-order valence-electron chi connectivity index (χ3n) is 6.14. The van der Waals surface area contributed by atoms with E-state index in [0.29, 0.717) is 31.7 Å². The molecule has 0 aliphatic carbocycles. The molecule has 0 radical (unpaired) electrons. The van der Waals surface area contributed by atoms with Gasteiger partial charge in [0.05, 0.1) is 0 Å². The highest BCUT2D eigenvalue weighted by atomic mass is 16.2. The number of H-pyrrole nitrogens is 1. The van der Waals surface area contributed by atoms with Crippen LogP contribution in [0.15, 0.2) is 36.5 Å². The number of aromatic nitrogens is 2. The standard InChI is InChI=1S/C25H31N5O2/c1-17-21(15-27-25(32)23-13-18-7-4-5-8-22(18)28-23)20-10-12-30(16-19(20)14-26-17)24(31)9-6-11-29(2)3/h4-5,7-8,13-14,28H,6,9-12,15-16H2,1-3H3,(H,27,32). The van der Waals surface area contributed by atoms with Gasteiger partial charge in [0.1, 0.15) is 5.69 Å². The summed E-state index contributed by atoms with van der Waals surface area (Å²) < 4.78 is 0. The summed E-state index contributed by atoms with van der Waals surface area (Å²) >= 11 is 0. The smallest absolute Gasteiger partial charge is 0.267 e. The molecule has 1 aliphatic heterocycles. The second kappa shape index (κ2) is 9.53. The molecule has 7 nitrogen and oxygen atoms in total. The molecule has 0 spiro atoms. The fraction of sp³-hybridized carbons (Fsp3) is 0.400. The molecule has 0 atom stereocenters. The van der Waals surface area contributed by atoms with Crippen LogP contribution in [0, 0.1) is 6.92 Å². The molecular formula is C25H31N5O2. The van der Waals surface area contributed by atoms with Crippen LogP contribution in [0.5, 0.6) is 0 Å². The molecule has 0 unspecified atom stereocenters. The Labute approximate surface area is 188 Å². The lowest BCUT2D eigenvalue weighted by molar-refractivity contribution is -0.132. The summed E-state index contributed by atoms with van der Waals surface area (Å²) in [6.07, 6.45) is 4.11. The zero-order valence-corrected chi connectivity index (χ0v) is 19.1. The van der Waals surface area contributed by atoms with Crippen LogP contribution in [0.4, 0.5) is 0 Å². The molecule has 32 heavy (non-hydrogen) atoms. The van der Waals surface area contributed by atoms with E-state index in [0.717, 1.165) is 47.1 Å².